The summed E-state index contributed by atoms with van der Waals surface area (Å²) in [7, 11) is 0.818. The van der Waals surface area contributed by atoms with Crippen molar-refractivity contribution in [1.29, 1.82) is 0 Å². The highest BCUT2D eigenvalue weighted by molar-refractivity contribution is 7.98. The fourth-order valence-electron chi connectivity index (χ4n) is 3.90. The lowest BCUT2D eigenvalue weighted by atomic mass is 9.96. The van der Waals surface area contributed by atoms with Gasteiger partial charge in [-0.3, -0.25) is 4.21 Å². The van der Waals surface area contributed by atoms with E-state index in [9.17, 15) is 4.21 Å². The van der Waals surface area contributed by atoms with Gasteiger partial charge in [0, 0.05) is 23.1 Å². The van der Waals surface area contributed by atoms with Crippen LogP contribution in [-0.4, -0.2) is 35.5 Å². The van der Waals surface area contributed by atoms with Gasteiger partial charge in [-0.25, -0.2) is 4.98 Å². The number of thioether (sulfide) groups is 1. The van der Waals surface area contributed by atoms with Crippen molar-refractivity contribution in [3.63, 3.8) is 0 Å². The minimum atomic E-state index is -1.17. The predicted octanol–water partition coefficient (Wildman–Crippen LogP) is 5.00. The smallest absolute Gasteiger partial charge is 0.232 e. The third-order valence-electron chi connectivity index (χ3n) is 5.99. The molecule has 0 bridgehead atoms. The summed E-state index contributed by atoms with van der Waals surface area (Å²) in [6.07, 6.45) is 2.06. The van der Waals surface area contributed by atoms with Crippen molar-refractivity contribution in [2.24, 2.45) is 7.05 Å². The maximum atomic E-state index is 13.2. The molecule has 2 heterocycles. The summed E-state index contributed by atoms with van der Waals surface area (Å²) in [6, 6.07) is 6.28. The Morgan fingerprint density at radius 3 is 2.41 bits per heavy atom. The van der Waals surface area contributed by atoms with E-state index >= 15 is 0 Å². The van der Waals surface area contributed by atoms with E-state index in [2.05, 4.69) is 52.1 Å². The van der Waals surface area contributed by atoms with Gasteiger partial charge in [-0.15, -0.1) is 11.8 Å². The number of aryl methyl sites for hydroxylation is 3. The zero-order valence-electron chi connectivity index (χ0n) is 18.0. The van der Waals surface area contributed by atoms with Gasteiger partial charge in [-0.2, -0.15) is 9.78 Å². The predicted molar refractivity (Wildman–Crippen MR) is 123 cm³/mol. The molecule has 0 aliphatic carbocycles. The molecule has 0 amide bonds. The third-order valence-corrected chi connectivity index (χ3v) is 8.05. The molecule has 0 saturated carbocycles. The number of hydrogen-bond acceptors (Lipinski definition) is 4. The lowest BCUT2D eigenvalue weighted by Gasteiger charge is -2.11. The van der Waals surface area contributed by atoms with E-state index in [0.717, 1.165) is 38.1 Å². The molecule has 5 nitrogen and oxygen atoms in total. The molecule has 2 aromatic carbocycles. The summed E-state index contributed by atoms with van der Waals surface area (Å²) < 4.78 is 17.0. The minimum absolute atomic E-state index is 0.534. The van der Waals surface area contributed by atoms with Crippen LogP contribution < -0.4 is 0 Å². The summed E-state index contributed by atoms with van der Waals surface area (Å²) >= 11 is 1.70. The van der Waals surface area contributed by atoms with Crippen LogP contribution in [-0.2, 0) is 17.8 Å². The van der Waals surface area contributed by atoms with Crippen LogP contribution in [0.15, 0.2) is 28.1 Å². The number of fused-ring (bicyclic) bond motifs is 2. The molecule has 0 N–H and O–H groups in total. The first-order valence-corrected chi connectivity index (χ1v) is 12.2. The van der Waals surface area contributed by atoms with Crippen LogP contribution in [0.2, 0.25) is 0 Å². The van der Waals surface area contributed by atoms with Crippen LogP contribution in [0.5, 0.6) is 0 Å². The first-order chi connectivity index (χ1) is 13.8. The molecule has 1 unspecified atom stereocenters. The van der Waals surface area contributed by atoms with Crippen LogP contribution in [0.4, 0.5) is 0 Å². The molecule has 0 aliphatic heterocycles. The number of imidazole rings is 1. The summed E-state index contributed by atoms with van der Waals surface area (Å²) in [5, 5.41) is 6.70. The molecule has 0 fully saturated rings. The summed E-state index contributed by atoms with van der Waals surface area (Å²) in [4.78, 5) is 6.05. The van der Waals surface area contributed by atoms with E-state index in [0.29, 0.717) is 11.7 Å². The lowest BCUT2D eigenvalue weighted by Crippen LogP contribution is -2.10. The maximum Gasteiger partial charge on any atom is 0.232 e. The van der Waals surface area contributed by atoms with E-state index in [1.54, 1.807) is 11.8 Å². The first-order valence-electron chi connectivity index (χ1n) is 9.68. The Kier molecular flexibility index (Phi) is 5.07. The van der Waals surface area contributed by atoms with Gasteiger partial charge in [0.25, 0.3) is 0 Å². The fraction of sp³-hybridized carbons (Fsp3) is 0.364. The highest BCUT2D eigenvalue weighted by atomic mass is 32.2. The summed E-state index contributed by atoms with van der Waals surface area (Å²) in [5.74, 6) is 1.23. The van der Waals surface area contributed by atoms with Crippen molar-refractivity contribution in [3.05, 3.63) is 40.5 Å². The van der Waals surface area contributed by atoms with Crippen molar-refractivity contribution < 1.29 is 4.21 Å². The molecule has 4 aromatic rings. The molecule has 0 spiro atoms. The second kappa shape index (κ2) is 7.29. The molecular formula is C22H26N4OS2. The van der Waals surface area contributed by atoms with Gasteiger partial charge in [0.15, 0.2) is 0 Å². The summed E-state index contributed by atoms with van der Waals surface area (Å²) in [6.45, 7) is 10.4. The standard InChI is InChI=1S/C22H26N4OS2/c1-8-29(27)21-19-14(4)12(2)13(3)15(5)20(19)24-26(21)22-23-17-11-16(28-7)9-10-18(17)25(22)6/h9-11H,8H2,1-7H3. The van der Waals surface area contributed by atoms with E-state index in [4.69, 9.17) is 10.1 Å². The van der Waals surface area contributed by atoms with Gasteiger partial charge in [-0.1, -0.05) is 6.92 Å². The molecule has 0 radical (unpaired) electrons. The zero-order valence-corrected chi connectivity index (χ0v) is 19.6. The molecule has 152 valence electrons. The van der Waals surface area contributed by atoms with Crippen molar-refractivity contribution in [1.82, 2.24) is 19.3 Å². The van der Waals surface area contributed by atoms with Crippen molar-refractivity contribution in [3.8, 4) is 5.95 Å². The van der Waals surface area contributed by atoms with Gasteiger partial charge in [0.1, 0.15) is 5.03 Å². The average Bonchev–Trinajstić information content (AvgIpc) is 3.28. The quantitative estimate of drug-likeness (QED) is 0.431. The van der Waals surface area contributed by atoms with Crippen LogP contribution in [0.25, 0.3) is 27.9 Å². The van der Waals surface area contributed by atoms with E-state index < -0.39 is 10.8 Å². The number of aromatic nitrogens is 4. The molecule has 0 aliphatic rings. The number of nitrogens with zero attached hydrogens (tertiary/aromatic N) is 4. The van der Waals surface area contributed by atoms with Gasteiger partial charge in [0.05, 0.1) is 27.3 Å². The molecule has 0 saturated heterocycles. The van der Waals surface area contributed by atoms with Gasteiger partial charge in [0.2, 0.25) is 5.95 Å². The molecule has 1 atom stereocenters. The number of hydrogen-bond donors (Lipinski definition) is 0. The monoisotopic (exact) mass is 426 g/mol. The second-order valence-corrected chi connectivity index (χ2v) is 9.93. The van der Waals surface area contributed by atoms with E-state index in [1.165, 1.54) is 16.0 Å². The fourth-order valence-corrected chi connectivity index (χ4v) is 5.40. The minimum Gasteiger partial charge on any atom is -0.311 e. The SMILES string of the molecule is CCS(=O)c1c2c(C)c(C)c(C)c(C)c2nn1-c1nc2cc(SC)ccc2n1C. The van der Waals surface area contributed by atoms with Crippen LogP contribution >= 0.6 is 11.8 Å². The van der Waals surface area contributed by atoms with Crippen molar-refractivity contribution >= 4 is 44.5 Å². The Morgan fingerprint density at radius 1 is 1.07 bits per heavy atom. The Hall–Kier alpha value is -2.12. The topological polar surface area (TPSA) is 52.7 Å². The highest BCUT2D eigenvalue weighted by Crippen LogP contribution is 2.34. The van der Waals surface area contributed by atoms with Crippen molar-refractivity contribution in [2.45, 2.75) is 44.5 Å². The number of rotatable bonds is 4. The number of benzene rings is 2. The van der Waals surface area contributed by atoms with Crippen molar-refractivity contribution in [2.75, 3.05) is 12.0 Å². The second-order valence-electron chi connectivity index (χ2n) is 7.40. The Morgan fingerprint density at radius 2 is 1.76 bits per heavy atom. The summed E-state index contributed by atoms with van der Waals surface area (Å²) in [5.41, 5.74) is 7.63. The van der Waals surface area contributed by atoms with Crippen LogP contribution in [0.1, 0.15) is 29.2 Å². The average molecular weight is 427 g/mol. The van der Waals surface area contributed by atoms with E-state index in [1.807, 2.05) is 23.2 Å². The molecule has 2 aromatic heterocycles. The Balaban J connectivity index is 2.13. The highest BCUT2D eigenvalue weighted by Gasteiger charge is 2.25. The molecule has 4 rings (SSSR count). The first kappa shape index (κ1) is 20.2. The Bertz CT molecular complexity index is 1300. The molecular weight excluding hydrogens is 400 g/mol. The van der Waals surface area contributed by atoms with Crippen LogP contribution in [0, 0.1) is 27.7 Å². The maximum absolute atomic E-state index is 13.2. The van der Waals surface area contributed by atoms with E-state index in [-0.39, 0.29) is 0 Å². The molecule has 29 heavy (non-hydrogen) atoms. The largest absolute Gasteiger partial charge is 0.311 e. The molecule has 7 heteroatoms. The lowest BCUT2D eigenvalue weighted by molar-refractivity contribution is 0.664. The van der Waals surface area contributed by atoms with Gasteiger partial charge < -0.3 is 4.57 Å². The zero-order chi connectivity index (χ0) is 21.0. The normalized spacial score (nSPS) is 12.9. The van der Waals surface area contributed by atoms with Crippen LogP contribution in [0.3, 0.4) is 0 Å². The van der Waals surface area contributed by atoms with Gasteiger partial charge in [-0.05, 0) is 74.4 Å². The third kappa shape index (κ3) is 2.94. The Labute approximate surface area is 178 Å². The van der Waals surface area contributed by atoms with Gasteiger partial charge >= 0.3 is 0 Å².